The van der Waals surface area contributed by atoms with Crippen LogP contribution >= 0.6 is 0 Å². The van der Waals surface area contributed by atoms with Crippen molar-refractivity contribution in [2.45, 2.75) is 34.0 Å². The maximum absolute atomic E-state index is 12.1. The number of benzene rings is 2. The number of carbonyl (C=O) groups is 1. The predicted molar refractivity (Wildman–Crippen MR) is 87.5 cm³/mol. The van der Waals surface area contributed by atoms with Gasteiger partial charge in [-0.3, -0.25) is 5.32 Å². The lowest BCUT2D eigenvalue weighted by Crippen LogP contribution is -2.18. The third-order valence-electron chi connectivity index (χ3n) is 3.41. The highest BCUT2D eigenvalue weighted by molar-refractivity contribution is 5.85. The Morgan fingerprint density at radius 2 is 1.75 bits per heavy atom. The smallest absolute Gasteiger partial charge is 0.416 e. The average molecular weight is 335 g/mol. The lowest BCUT2D eigenvalue weighted by Gasteiger charge is -2.14. The molecule has 0 unspecified atom stereocenters. The van der Waals surface area contributed by atoms with Gasteiger partial charge in [0.05, 0.1) is 5.69 Å². The van der Waals surface area contributed by atoms with Crippen molar-refractivity contribution in [2.75, 3.05) is 5.32 Å². The van der Waals surface area contributed by atoms with Crippen LogP contribution in [-0.2, 0) is 11.3 Å². The molecule has 6 heteroatoms. The van der Waals surface area contributed by atoms with Gasteiger partial charge in [0.25, 0.3) is 0 Å². The van der Waals surface area contributed by atoms with Crippen molar-refractivity contribution >= 4 is 11.8 Å². The minimum atomic E-state index is -3.16. The van der Waals surface area contributed by atoms with E-state index in [0.717, 1.165) is 22.4 Å². The van der Waals surface area contributed by atoms with E-state index in [-0.39, 0.29) is 6.61 Å². The van der Waals surface area contributed by atoms with E-state index in [1.807, 2.05) is 45.0 Å². The maximum atomic E-state index is 12.1. The van der Waals surface area contributed by atoms with Crippen LogP contribution in [0, 0.1) is 20.8 Å². The fraction of sp³-hybridized carbons (Fsp3) is 0.278. The molecular weight excluding hydrogens is 316 g/mol. The summed E-state index contributed by atoms with van der Waals surface area (Å²) in [6.45, 7) is 2.79. The van der Waals surface area contributed by atoms with Crippen molar-refractivity contribution in [3.05, 3.63) is 58.7 Å². The van der Waals surface area contributed by atoms with Gasteiger partial charge in [0.15, 0.2) is 0 Å². The van der Waals surface area contributed by atoms with Gasteiger partial charge in [-0.25, -0.2) is 4.79 Å². The molecule has 4 nitrogen and oxygen atoms in total. The maximum Gasteiger partial charge on any atom is 0.416 e. The van der Waals surface area contributed by atoms with Crippen LogP contribution in [0.15, 0.2) is 36.4 Å². The third-order valence-corrected chi connectivity index (χ3v) is 3.41. The number of hydrogen-bond donors (Lipinski definition) is 1. The first-order valence-electron chi connectivity index (χ1n) is 7.40. The lowest BCUT2D eigenvalue weighted by atomic mass is 10.1. The highest BCUT2D eigenvalue weighted by Gasteiger charge is 2.13. The summed E-state index contributed by atoms with van der Waals surface area (Å²) in [5.74, 6) is 0.724. The summed E-state index contributed by atoms with van der Waals surface area (Å²) in [6, 6.07) is 11.1. The standard InChI is InChI=1S/C18H19F2NO3/c1-11-5-7-16(13(3)8-11)23-10-14-6-4-12(2)9-15(14)21-18(22)24-17(19)20/h4-9,17H,10H2,1-3H3,(H,21,22). The number of anilines is 1. The van der Waals surface area contributed by atoms with E-state index in [2.05, 4.69) is 10.1 Å². The molecule has 1 N–H and O–H groups in total. The van der Waals surface area contributed by atoms with Crippen molar-refractivity contribution in [3.63, 3.8) is 0 Å². The van der Waals surface area contributed by atoms with Crippen molar-refractivity contribution in [2.24, 2.45) is 0 Å². The molecule has 0 aliphatic heterocycles. The zero-order valence-corrected chi connectivity index (χ0v) is 13.7. The average Bonchev–Trinajstić information content (AvgIpc) is 2.47. The van der Waals surface area contributed by atoms with Crippen LogP contribution in [0.2, 0.25) is 0 Å². The molecule has 24 heavy (non-hydrogen) atoms. The minimum absolute atomic E-state index is 0.189. The minimum Gasteiger partial charge on any atom is -0.489 e. The topological polar surface area (TPSA) is 47.6 Å². The Kier molecular flexibility index (Phi) is 5.73. The fourth-order valence-electron chi connectivity index (χ4n) is 2.27. The lowest BCUT2D eigenvalue weighted by molar-refractivity contribution is -0.0766. The number of aryl methyl sites for hydroxylation is 3. The molecule has 0 saturated heterocycles. The molecule has 0 bridgehead atoms. The second kappa shape index (κ2) is 7.77. The Hall–Kier alpha value is -2.63. The molecule has 2 rings (SSSR count). The molecule has 0 radical (unpaired) electrons. The van der Waals surface area contributed by atoms with Gasteiger partial charge in [0.1, 0.15) is 12.4 Å². The van der Waals surface area contributed by atoms with E-state index in [1.165, 1.54) is 0 Å². The number of carbonyl (C=O) groups excluding carboxylic acids is 1. The zero-order valence-electron chi connectivity index (χ0n) is 13.7. The first kappa shape index (κ1) is 17.7. The van der Waals surface area contributed by atoms with Gasteiger partial charge < -0.3 is 9.47 Å². The highest BCUT2D eigenvalue weighted by atomic mass is 19.3. The molecule has 0 aromatic heterocycles. The molecule has 128 valence electrons. The molecule has 0 atom stereocenters. The van der Waals surface area contributed by atoms with Crippen molar-refractivity contribution in [3.8, 4) is 5.75 Å². The Balaban J connectivity index is 2.13. The van der Waals surface area contributed by atoms with E-state index in [4.69, 9.17) is 4.74 Å². The van der Waals surface area contributed by atoms with Crippen LogP contribution in [0.5, 0.6) is 5.75 Å². The number of hydrogen-bond acceptors (Lipinski definition) is 3. The molecule has 0 fully saturated rings. The number of amides is 1. The largest absolute Gasteiger partial charge is 0.489 e. The normalized spacial score (nSPS) is 10.6. The van der Waals surface area contributed by atoms with E-state index in [0.29, 0.717) is 11.3 Å². The summed E-state index contributed by atoms with van der Waals surface area (Å²) in [4.78, 5) is 11.4. The third kappa shape index (κ3) is 4.94. The Labute approximate surface area is 139 Å². The second-order valence-corrected chi connectivity index (χ2v) is 5.51. The fourth-order valence-corrected chi connectivity index (χ4v) is 2.27. The van der Waals surface area contributed by atoms with Gasteiger partial charge in [0, 0.05) is 5.56 Å². The van der Waals surface area contributed by atoms with Crippen LogP contribution < -0.4 is 10.1 Å². The van der Waals surface area contributed by atoms with Gasteiger partial charge in [-0.15, -0.1) is 0 Å². The van der Waals surface area contributed by atoms with Gasteiger partial charge >= 0.3 is 12.7 Å². The molecule has 0 spiro atoms. The Morgan fingerprint density at radius 3 is 2.42 bits per heavy atom. The monoisotopic (exact) mass is 335 g/mol. The molecular formula is C18H19F2NO3. The van der Waals surface area contributed by atoms with Gasteiger partial charge in [0.2, 0.25) is 0 Å². The van der Waals surface area contributed by atoms with Crippen LogP contribution in [-0.4, -0.2) is 12.7 Å². The number of alkyl halides is 2. The van der Waals surface area contributed by atoms with E-state index >= 15 is 0 Å². The molecule has 0 aliphatic carbocycles. The Morgan fingerprint density at radius 1 is 1.08 bits per heavy atom. The molecule has 2 aromatic carbocycles. The SMILES string of the molecule is Cc1ccc(OCc2ccc(C)cc2NC(=O)OC(F)F)c(C)c1. The molecule has 0 aliphatic rings. The van der Waals surface area contributed by atoms with Gasteiger partial charge in [-0.2, -0.15) is 8.78 Å². The Bertz CT molecular complexity index is 732. The molecule has 2 aromatic rings. The van der Waals surface area contributed by atoms with Crippen LogP contribution in [0.25, 0.3) is 0 Å². The first-order chi connectivity index (χ1) is 11.3. The number of ether oxygens (including phenoxy) is 2. The predicted octanol–water partition coefficient (Wildman–Crippen LogP) is 4.96. The summed E-state index contributed by atoms with van der Waals surface area (Å²) in [6.07, 6.45) is -1.21. The summed E-state index contributed by atoms with van der Waals surface area (Å²) in [5, 5.41) is 2.32. The zero-order chi connectivity index (χ0) is 17.7. The summed E-state index contributed by atoms with van der Waals surface area (Å²) in [5.41, 5.74) is 4.04. The quantitative estimate of drug-likeness (QED) is 0.840. The van der Waals surface area contributed by atoms with E-state index in [9.17, 15) is 13.6 Å². The van der Waals surface area contributed by atoms with Crippen molar-refractivity contribution < 1.29 is 23.0 Å². The first-order valence-corrected chi connectivity index (χ1v) is 7.40. The van der Waals surface area contributed by atoms with Crippen LogP contribution in [0.4, 0.5) is 19.3 Å². The number of rotatable bonds is 5. The van der Waals surface area contributed by atoms with E-state index < -0.39 is 12.7 Å². The highest BCUT2D eigenvalue weighted by Crippen LogP contribution is 2.23. The number of halogens is 2. The van der Waals surface area contributed by atoms with Gasteiger partial charge in [-0.05, 0) is 44.0 Å². The van der Waals surface area contributed by atoms with Crippen LogP contribution in [0.3, 0.4) is 0 Å². The van der Waals surface area contributed by atoms with E-state index in [1.54, 1.807) is 12.1 Å². The van der Waals surface area contributed by atoms with Crippen molar-refractivity contribution in [1.29, 1.82) is 0 Å². The second-order valence-electron chi connectivity index (χ2n) is 5.51. The molecule has 1 amide bonds. The van der Waals surface area contributed by atoms with Crippen molar-refractivity contribution in [1.82, 2.24) is 0 Å². The number of nitrogens with one attached hydrogen (secondary N) is 1. The van der Waals surface area contributed by atoms with Crippen LogP contribution in [0.1, 0.15) is 22.3 Å². The molecule has 0 saturated carbocycles. The summed E-state index contributed by atoms with van der Waals surface area (Å²) < 4.78 is 33.8. The summed E-state index contributed by atoms with van der Waals surface area (Å²) in [7, 11) is 0. The summed E-state index contributed by atoms with van der Waals surface area (Å²) >= 11 is 0. The molecule has 0 heterocycles. The van der Waals surface area contributed by atoms with Gasteiger partial charge in [-0.1, -0.05) is 29.8 Å².